The molecule has 16 heavy (non-hydrogen) atoms. The first-order valence-corrected chi connectivity index (χ1v) is 7.13. The molecule has 0 aliphatic heterocycles. The van der Waals surface area contributed by atoms with E-state index in [1.807, 2.05) is 16.7 Å². The van der Waals surface area contributed by atoms with Crippen LogP contribution in [0, 0.1) is 0 Å². The molecule has 4 heteroatoms. The molecule has 0 N–H and O–H groups in total. The van der Waals surface area contributed by atoms with Gasteiger partial charge in [-0.05, 0) is 0 Å². The Labute approximate surface area is 101 Å². The zero-order valence-corrected chi connectivity index (χ0v) is 11.4. The number of aromatic nitrogens is 1. The van der Waals surface area contributed by atoms with Gasteiger partial charge in [0.05, 0.1) is 0 Å². The molecule has 0 radical (unpaired) electrons. The van der Waals surface area contributed by atoms with E-state index in [2.05, 4.69) is 31.1 Å². The summed E-state index contributed by atoms with van der Waals surface area (Å²) in [5.41, 5.74) is 1.13. The Morgan fingerprint density at radius 1 is 1.31 bits per heavy atom. The van der Waals surface area contributed by atoms with Crippen molar-refractivity contribution in [1.29, 1.82) is 0 Å². The summed E-state index contributed by atoms with van der Waals surface area (Å²) < 4.78 is 3.47. The van der Waals surface area contributed by atoms with Crippen LogP contribution in [-0.2, 0) is 6.54 Å². The molecule has 0 bridgehead atoms. The van der Waals surface area contributed by atoms with E-state index < -0.39 is 0 Å². The van der Waals surface area contributed by atoms with Gasteiger partial charge in [0.25, 0.3) is 0 Å². The van der Waals surface area contributed by atoms with Gasteiger partial charge < -0.3 is 0 Å². The first-order chi connectivity index (χ1) is 7.68. The second-order valence-corrected chi connectivity index (χ2v) is 6.23. The predicted octanol–water partition coefficient (Wildman–Crippen LogP) is 1.01. The standard InChI is InChI=1S/C12H16N2OSe/c1-13(2)8-5-9-14-10-6-3-4-7-11(10)16-12(14)15/h3-4,6-7H,5,8-9H2,1-2H3. The molecule has 0 amide bonds. The fourth-order valence-electron chi connectivity index (χ4n) is 1.77. The monoisotopic (exact) mass is 284 g/mol. The Morgan fingerprint density at radius 3 is 2.81 bits per heavy atom. The first kappa shape index (κ1) is 11.6. The Morgan fingerprint density at radius 2 is 2.06 bits per heavy atom. The molecular formula is C12H16N2OSe. The molecule has 86 valence electrons. The number of nitrogens with zero attached hydrogens (tertiary/aromatic N) is 2. The minimum atomic E-state index is -0.00525. The van der Waals surface area contributed by atoms with Crippen molar-refractivity contribution in [3.63, 3.8) is 0 Å². The number of hydrogen-bond donors (Lipinski definition) is 0. The molecule has 0 unspecified atom stereocenters. The number of hydrogen-bond acceptors (Lipinski definition) is 2. The van der Waals surface area contributed by atoms with Gasteiger partial charge in [-0.2, -0.15) is 0 Å². The van der Waals surface area contributed by atoms with E-state index in [1.165, 1.54) is 4.26 Å². The molecule has 2 aromatic rings. The minimum absolute atomic E-state index is 0.00525. The second-order valence-electron chi connectivity index (χ2n) is 4.14. The molecule has 0 aliphatic rings. The molecule has 0 atom stereocenters. The molecule has 1 aromatic heterocycles. The summed E-state index contributed by atoms with van der Waals surface area (Å²) in [5, 5.41) is 0. The number of para-hydroxylation sites is 1. The van der Waals surface area contributed by atoms with Crippen LogP contribution in [0.2, 0.25) is 0 Å². The van der Waals surface area contributed by atoms with Crippen LogP contribution in [0.4, 0.5) is 0 Å². The van der Waals surface area contributed by atoms with Gasteiger partial charge in [0, 0.05) is 0 Å². The van der Waals surface area contributed by atoms with Crippen LogP contribution in [-0.4, -0.2) is 44.6 Å². The molecule has 0 fully saturated rings. The third-order valence-electron chi connectivity index (χ3n) is 2.56. The summed E-state index contributed by atoms with van der Waals surface area (Å²) in [7, 11) is 4.12. The Bertz CT molecular complexity index is 527. The van der Waals surface area contributed by atoms with Crippen LogP contribution < -0.4 is 4.43 Å². The van der Waals surface area contributed by atoms with Crippen molar-refractivity contribution < 1.29 is 0 Å². The van der Waals surface area contributed by atoms with Crippen LogP contribution in [0.1, 0.15) is 6.42 Å². The van der Waals surface area contributed by atoms with Crippen molar-refractivity contribution in [3.05, 3.63) is 33.5 Å². The number of aryl methyl sites for hydroxylation is 1. The molecule has 3 nitrogen and oxygen atoms in total. The maximum atomic E-state index is 11.8. The van der Waals surface area contributed by atoms with E-state index in [-0.39, 0.29) is 14.5 Å². The molecule has 0 saturated heterocycles. The van der Waals surface area contributed by atoms with Crippen LogP contribution in [0.15, 0.2) is 29.1 Å². The fourth-order valence-corrected chi connectivity index (χ4v) is 3.70. The molecular weight excluding hydrogens is 267 g/mol. The van der Waals surface area contributed by atoms with Crippen molar-refractivity contribution in [2.45, 2.75) is 13.0 Å². The van der Waals surface area contributed by atoms with Gasteiger partial charge in [-0.3, -0.25) is 0 Å². The Balaban J connectivity index is 2.23. The Hall–Kier alpha value is -0.831. The number of fused-ring (bicyclic) bond motifs is 1. The summed E-state index contributed by atoms with van der Waals surface area (Å²) in [6.07, 6.45) is 1.03. The van der Waals surface area contributed by atoms with Crippen molar-refractivity contribution in [2.24, 2.45) is 0 Å². The summed E-state index contributed by atoms with van der Waals surface area (Å²) in [6.45, 7) is 1.87. The van der Waals surface area contributed by atoms with Gasteiger partial charge in [-0.15, -0.1) is 0 Å². The maximum absolute atomic E-state index is 11.8. The average Bonchev–Trinajstić information content (AvgIpc) is 2.55. The zero-order valence-electron chi connectivity index (χ0n) is 9.64. The van der Waals surface area contributed by atoms with Crippen LogP contribution in [0.25, 0.3) is 9.78 Å². The average molecular weight is 283 g/mol. The predicted molar refractivity (Wildman–Crippen MR) is 68.3 cm³/mol. The molecule has 1 aromatic carbocycles. The number of benzene rings is 1. The molecule has 0 aliphatic carbocycles. The zero-order chi connectivity index (χ0) is 11.5. The molecule has 0 spiro atoms. The summed E-state index contributed by atoms with van der Waals surface area (Å²) in [6, 6.07) is 8.14. The van der Waals surface area contributed by atoms with Crippen LogP contribution in [0.3, 0.4) is 0 Å². The second kappa shape index (κ2) is 5.00. The Kier molecular flexibility index (Phi) is 3.64. The third kappa shape index (κ3) is 2.46. The van der Waals surface area contributed by atoms with Gasteiger partial charge >= 0.3 is 101 Å². The summed E-state index contributed by atoms with van der Waals surface area (Å²) in [5.74, 6) is 0. The van der Waals surface area contributed by atoms with E-state index in [4.69, 9.17) is 0 Å². The molecule has 2 rings (SSSR count). The van der Waals surface area contributed by atoms with E-state index in [9.17, 15) is 4.79 Å². The van der Waals surface area contributed by atoms with Gasteiger partial charge in [0.1, 0.15) is 0 Å². The first-order valence-electron chi connectivity index (χ1n) is 5.41. The van der Waals surface area contributed by atoms with Gasteiger partial charge in [0.15, 0.2) is 0 Å². The quantitative estimate of drug-likeness (QED) is 0.783. The van der Waals surface area contributed by atoms with Crippen LogP contribution in [0.5, 0.6) is 0 Å². The van der Waals surface area contributed by atoms with Gasteiger partial charge in [-0.1, -0.05) is 0 Å². The topological polar surface area (TPSA) is 25.2 Å². The fraction of sp³-hybridized carbons (Fsp3) is 0.417. The van der Waals surface area contributed by atoms with E-state index in [0.717, 1.165) is 25.0 Å². The normalized spacial score (nSPS) is 11.4. The van der Waals surface area contributed by atoms with Crippen molar-refractivity contribution in [2.75, 3.05) is 20.6 Å². The van der Waals surface area contributed by atoms with E-state index in [1.54, 1.807) is 0 Å². The third-order valence-corrected chi connectivity index (χ3v) is 4.58. The van der Waals surface area contributed by atoms with Gasteiger partial charge in [0.2, 0.25) is 0 Å². The summed E-state index contributed by atoms with van der Waals surface area (Å²) >= 11 is -0.00525. The number of rotatable bonds is 4. The van der Waals surface area contributed by atoms with E-state index >= 15 is 0 Å². The molecule has 1 heterocycles. The summed E-state index contributed by atoms with van der Waals surface area (Å²) in [4.78, 5) is 14.0. The van der Waals surface area contributed by atoms with Crippen molar-refractivity contribution in [3.8, 4) is 0 Å². The van der Waals surface area contributed by atoms with Crippen molar-refractivity contribution >= 4 is 24.3 Å². The van der Waals surface area contributed by atoms with E-state index in [0.29, 0.717) is 4.43 Å². The van der Waals surface area contributed by atoms with Crippen LogP contribution >= 0.6 is 0 Å². The SMILES string of the molecule is CN(C)CCCn1c(=O)[se]c2ccccc21. The molecule has 0 saturated carbocycles. The van der Waals surface area contributed by atoms with Gasteiger partial charge in [-0.25, -0.2) is 0 Å². The van der Waals surface area contributed by atoms with Crippen molar-refractivity contribution in [1.82, 2.24) is 9.47 Å².